The molecule has 0 amide bonds. The lowest BCUT2D eigenvalue weighted by Crippen LogP contribution is -2.02. The molecule has 1 unspecified atom stereocenters. The van der Waals surface area contributed by atoms with Crippen molar-refractivity contribution < 1.29 is 5.11 Å². The Labute approximate surface area is 122 Å². The van der Waals surface area contributed by atoms with Crippen molar-refractivity contribution in [2.45, 2.75) is 24.3 Å². The minimum atomic E-state index is -0.541. The first-order valence-corrected chi connectivity index (χ1v) is 7.56. The Morgan fingerprint density at radius 3 is 2.63 bits per heavy atom. The van der Waals surface area contributed by atoms with E-state index in [1.54, 1.807) is 24.2 Å². The Morgan fingerprint density at radius 2 is 2.00 bits per heavy atom. The summed E-state index contributed by atoms with van der Waals surface area (Å²) in [6, 6.07) is 9.87. The molecule has 100 valence electrons. The Hall–Kier alpha value is -1.03. The molecule has 1 N–H and O–H groups in total. The highest BCUT2D eigenvalue weighted by Crippen LogP contribution is 2.25. The lowest BCUT2D eigenvalue weighted by Gasteiger charge is -2.12. The smallest absolute Gasteiger partial charge is 0.0830 e. The fraction of sp³-hybridized carbons (Fsp3) is 0.267. The maximum absolute atomic E-state index is 10.2. The maximum atomic E-state index is 10.2. The third kappa shape index (κ3) is 3.96. The predicted molar refractivity (Wildman–Crippen MR) is 80.8 cm³/mol. The molecule has 0 fully saturated rings. The molecular weight excluding hydrogens is 278 g/mol. The van der Waals surface area contributed by atoms with Gasteiger partial charge in [-0.05, 0) is 35.1 Å². The van der Waals surface area contributed by atoms with Crippen molar-refractivity contribution in [1.29, 1.82) is 0 Å². The summed E-state index contributed by atoms with van der Waals surface area (Å²) in [5.41, 5.74) is 1.82. The van der Waals surface area contributed by atoms with Crippen LogP contribution in [-0.2, 0) is 6.42 Å². The molecule has 0 aliphatic heterocycles. The molecule has 1 heterocycles. The molecule has 1 aromatic heterocycles. The lowest BCUT2D eigenvalue weighted by molar-refractivity contribution is 0.178. The number of aliphatic hydroxyl groups is 1. The third-order valence-electron chi connectivity index (χ3n) is 2.85. The second-order valence-corrected chi connectivity index (χ2v) is 5.93. The second-order valence-electron chi connectivity index (χ2n) is 4.19. The minimum absolute atomic E-state index is 0.502. The standard InChI is InChI=1S/C15H16ClNOS/c1-2-19-13-5-3-11(4-6-13)15(18)9-12-7-8-17-10-14(12)16/h3-8,10,15,18H,2,9H2,1H3. The van der Waals surface area contributed by atoms with Crippen LogP contribution in [0.2, 0.25) is 5.02 Å². The van der Waals surface area contributed by atoms with E-state index in [2.05, 4.69) is 11.9 Å². The molecule has 4 heteroatoms. The number of hydrogen-bond acceptors (Lipinski definition) is 3. The number of thioether (sulfide) groups is 1. The van der Waals surface area contributed by atoms with Crippen LogP contribution in [-0.4, -0.2) is 15.8 Å². The van der Waals surface area contributed by atoms with Crippen LogP contribution in [0.15, 0.2) is 47.6 Å². The van der Waals surface area contributed by atoms with E-state index in [4.69, 9.17) is 11.6 Å². The molecule has 0 aliphatic rings. The first kappa shape index (κ1) is 14.4. The maximum Gasteiger partial charge on any atom is 0.0830 e. The topological polar surface area (TPSA) is 33.1 Å². The van der Waals surface area contributed by atoms with E-state index in [1.165, 1.54) is 4.90 Å². The summed E-state index contributed by atoms with van der Waals surface area (Å²) in [6.45, 7) is 2.12. The molecule has 1 atom stereocenters. The lowest BCUT2D eigenvalue weighted by atomic mass is 10.0. The van der Waals surface area contributed by atoms with Gasteiger partial charge in [0.25, 0.3) is 0 Å². The van der Waals surface area contributed by atoms with E-state index < -0.39 is 6.10 Å². The van der Waals surface area contributed by atoms with Crippen LogP contribution in [0.4, 0.5) is 0 Å². The van der Waals surface area contributed by atoms with Gasteiger partial charge in [-0.1, -0.05) is 30.7 Å². The summed E-state index contributed by atoms with van der Waals surface area (Å²) >= 11 is 7.84. The van der Waals surface area contributed by atoms with Gasteiger partial charge in [0, 0.05) is 23.7 Å². The summed E-state index contributed by atoms with van der Waals surface area (Å²) in [4.78, 5) is 5.16. The van der Waals surface area contributed by atoms with Crippen molar-refractivity contribution in [2.24, 2.45) is 0 Å². The number of pyridine rings is 1. The van der Waals surface area contributed by atoms with Crippen molar-refractivity contribution in [3.8, 4) is 0 Å². The summed E-state index contributed by atoms with van der Waals surface area (Å²) in [6.07, 6.45) is 3.25. The van der Waals surface area contributed by atoms with Gasteiger partial charge in [0.2, 0.25) is 0 Å². The van der Waals surface area contributed by atoms with E-state index in [0.29, 0.717) is 11.4 Å². The summed E-state index contributed by atoms with van der Waals surface area (Å²) in [7, 11) is 0. The zero-order chi connectivity index (χ0) is 13.7. The fourth-order valence-corrected chi connectivity index (χ4v) is 2.71. The van der Waals surface area contributed by atoms with Gasteiger partial charge in [-0.15, -0.1) is 11.8 Å². The quantitative estimate of drug-likeness (QED) is 0.842. The Balaban J connectivity index is 2.07. The first-order chi connectivity index (χ1) is 9.20. The van der Waals surface area contributed by atoms with Crippen molar-refractivity contribution in [1.82, 2.24) is 4.98 Å². The average molecular weight is 294 g/mol. The number of rotatable bonds is 5. The van der Waals surface area contributed by atoms with E-state index in [9.17, 15) is 5.11 Å². The average Bonchev–Trinajstić information content (AvgIpc) is 2.42. The molecule has 19 heavy (non-hydrogen) atoms. The van der Waals surface area contributed by atoms with Crippen LogP contribution in [0.1, 0.15) is 24.2 Å². The highest BCUT2D eigenvalue weighted by molar-refractivity contribution is 7.99. The number of halogens is 1. The SMILES string of the molecule is CCSc1ccc(C(O)Cc2ccncc2Cl)cc1. The van der Waals surface area contributed by atoms with Gasteiger partial charge in [-0.3, -0.25) is 4.98 Å². The Kier molecular flexibility index (Phi) is 5.25. The number of benzene rings is 1. The normalized spacial score (nSPS) is 12.4. The predicted octanol–water partition coefficient (Wildman–Crippen LogP) is 4.12. The molecule has 0 saturated heterocycles. The van der Waals surface area contributed by atoms with Gasteiger partial charge >= 0.3 is 0 Å². The second kappa shape index (κ2) is 6.94. The summed E-state index contributed by atoms with van der Waals surface area (Å²) < 4.78 is 0. The van der Waals surface area contributed by atoms with Crippen LogP contribution in [0.5, 0.6) is 0 Å². The van der Waals surface area contributed by atoms with E-state index in [0.717, 1.165) is 16.9 Å². The zero-order valence-corrected chi connectivity index (χ0v) is 12.3. The molecule has 0 radical (unpaired) electrons. The largest absolute Gasteiger partial charge is 0.388 e. The first-order valence-electron chi connectivity index (χ1n) is 6.20. The van der Waals surface area contributed by atoms with Gasteiger partial charge < -0.3 is 5.11 Å². The Bertz CT molecular complexity index is 530. The van der Waals surface area contributed by atoms with Gasteiger partial charge in [0.1, 0.15) is 0 Å². The van der Waals surface area contributed by atoms with Crippen molar-refractivity contribution in [3.63, 3.8) is 0 Å². The molecule has 0 aliphatic carbocycles. The summed E-state index contributed by atoms with van der Waals surface area (Å²) in [5.74, 6) is 1.05. The number of aromatic nitrogens is 1. The molecule has 0 spiro atoms. The summed E-state index contributed by atoms with van der Waals surface area (Å²) in [5, 5.41) is 10.8. The molecule has 0 bridgehead atoms. The van der Waals surface area contributed by atoms with Crippen LogP contribution in [0.25, 0.3) is 0 Å². The van der Waals surface area contributed by atoms with Crippen molar-refractivity contribution in [2.75, 3.05) is 5.75 Å². The van der Waals surface area contributed by atoms with Crippen molar-refractivity contribution in [3.05, 3.63) is 58.9 Å². The molecule has 2 rings (SSSR count). The van der Waals surface area contributed by atoms with Crippen molar-refractivity contribution >= 4 is 23.4 Å². The number of aliphatic hydroxyl groups excluding tert-OH is 1. The van der Waals surface area contributed by atoms with Crippen LogP contribution >= 0.6 is 23.4 Å². The molecule has 2 nitrogen and oxygen atoms in total. The molecular formula is C15H16ClNOS. The Morgan fingerprint density at radius 1 is 1.26 bits per heavy atom. The molecule has 1 aromatic carbocycles. The number of nitrogens with zero attached hydrogens (tertiary/aromatic N) is 1. The molecule has 0 saturated carbocycles. The van der Waals surface area contributed by atoms with Gasteiger partial charge in [-0.25, -0.2) is 0 Å². The van der Waals surface area contributed by atoms with Gasteiger partial charge in [-0.2, -0.15) is 0 Å². The fourth-order valence-electron chi connectivity index (χ4n) is 1.85. The number of hydrogen-bond donors (Lipinski definition) is 1. The van der Waals surface area contributed by atoms with Crippen LogP contribution in [0, 0.1) is 0 Å². The third-order valence-corrected chi connectivity index (χ3v) is 4.08. The highest BCUT2D eigenvalue weighted by Gasteiger charge is 2.10. The monoisotopic (exact) mass is 293 g/mol. The van der Waals surface area contributed by atoms with Gasteiger partial charge in [0.15, 0.2) is 0 Å². The van der Waals surface area contributed by atoms with E-state index >= 15 is 0 Å². The van der Waals surface area contributed by atoms with E-state index in [-0.39, 0.29) is 0 Å². The minimum Gasteiger partial charge on any atom is -0.388 e. The van der Waals surface area contributed by atoms with Crippen LogP contribution < -0.4 is 0 Å². The van der Waals surface area contributed by atoms with Crippen LogP contribution in [0.3, 0.4) is 0 Å². The zero-order valence-electron chi connectivity index (χ0n) is 10.7. The van der Waals surface area contributed by atoms with E-state index in [1.807, 2.05) is 30.3 Å². The van der Waals surface area contributed by atoms with Gasteiger partial charge in [0.05, 0.1) is 11.1 Å². The highest BCUT2D eigenvalue weighted by atomic mass is 35.5. The molecule has 2 aromatic rings.